The van der Waals surface area contributed by atoms with Crippen LogP contribution in [0, 0.1) is 0 Å². The van der Waals surface area contributed by atoms with Gasteiger partial charge in [0.1, 0.15) is 5.52 Å². The zero-order chi connectivity index (χ0) is 11.7. The molecular formula is C10H10BrN3O2. The topological polar surface area (TPSA) is 59.2 Å². The maximum atomic E-state index is 11.5. The van der Waals surface area contributed by atoms with Crippen molar-refractivity contribution < 1.29 is 9.42 Å². The summed E-state index contributed by atoms with van der Waals surface area (Å²) in [7, 11) is 0. The predicted octanol–water partition coefficient (Wildman–Crippen LogP) is 2.36. The van der Waals surface area contributed by atoms with Gasteiger partial charge in [-0.2, -0.15) is 0 Å². The molecule has 0 saturated carbocycles. The molecule has 2 aromatic rings. The van der Waals surface area contributed by atoms with Crippen LogP contribution in [0.5, 0.6) is 0 Å². The number of carbonyl (C=O) groups excluding carboxylic acids is 1. The fourth-order valence-electron chi connectivity index (χ4n) is 1.61. The van der Waals surface area contributed by atoms with E-state index in [0.717, 1.165) is 4.47 Å². The molecule has 5 nitrogen and oxygen atoms in total. The maximum Gasteiger partial charge on any atom is 0.223 e. The molecule has 0 spiro atoms. The molecule has 0 aliphatic heterocycles. The highest BCUT2D eigenvalue weighted by Gasteiger charge is 2.16. The van der Waals surface area contributed by atoms with E-state index < -0.39 is 0 Å². The number of aromatic nitrogens is 2. The van der Waals surface area contributed by atoms with E-state index in [2.05, 4.69) is 30.9 Å². The van der Waals surface area contributed by atoms with Crippen molar-refractivity contribution in [3.63, 3.8) is 0 Å². The van der Waals surface area contributed by atoms with Gasteiger partial charge in [-0.15, -0.1) is 0 Å². The summed E-state index contributed by atoms with van der Waals surface area (Å²) in [6.45, 7) is 4.00. The molecule has 0 unspecified atom stereocenters. The lowest BCUT2D eigenvalue weighted by Crippen LogP contribution is -2.28. The zero-order valence-electron chi connectivity index (χ0n) is 8.90. The quantitative estimate of drug-likeness (QED) is 0.849. The Morgan fingerprint density at radius 1 is 1.50 bits per heavy atom. The Balaban J connectivity index is 2.65. The third-order valence-corrected chi connectivity index (χ3v) is 2.75. The Kier molecular flexibility index (Phi) is 2.91. The Morgan fingerprint density at radius 3 is 2.88 bits per heavy atom. The van der Waals surface area contributed by atoms with Gasteiger partial charge in [-0.25, -0.2) is 4.63 Å². The third kappa shape index (κ3) is 1.80. The molecule has 0 atom stereocenters. The molecule has 84 valence electrons. The number of anilines is 1. The van der Waals surface area contributed by atoms with Crippen molar-refractivity contribution in [2.24, 2.45) is 0 Å². The van der Waals surface area contributed by atoms with Crippen molar-refractivity contribution in [3.05, 3.63) is 16.6 Å². The van der Waals surface area contributed by atoms with Crippen LogP contribution in [0.15, 0.2) is 21.2 Å². The van der Waals surface area contributed by atoms with Gasteiger partial charge >= 0.3 is 0 Å². The maximum absolute atomic E-state index is 11.5. The van der Waals surface area contributed by atoms with Gasteiger partial charge in [-0.05, 0) is 29.4 Å². The smallest absolute Gasteiger partial charge is 0.223 e. The second-order valence-corrected chi connectivity index (χ2v) is 4.24. The van der Waals surface area contributed by atoms with Gasteiger partial charge in [0, 0.05) is 17.9 Å². The van der Waals surface area contributed by atoms with Crippen LogP contribution in [0.2, 0.25) is 0 Å². The van der Waals surface area contributed by atoms with Crippen molar-refractivity contribution in [2.45, 2.75) is 13.8 Å². The van der Waals surface area contributed by atoms with E-state index in [-0.39, 0.29) is 5.91 Å². The van der Waals surface area contributed by atoms with Gasteiger partial charge in [0.05, 0.1) is 5.69 Å². The third-order valence-electron chi connectivity index (χ3n) is 2.29. The number of rotatable bonds is 2. The van der Waals surface area contributed by atoms with Gasteiger partial charge < -0.3 is 4.90 Å². The average molecular weight is 284 g/mol. The minimum atomic E-state index is -0.0371. The lowest BCUT2D eigenvalue weighted by molar-refractivity contribution is -0.116. The van der Waals surface area contributed by atoms with E-state index in [0.29, 0.717) is 23.3 Å². The summed E-state index contributed by atoms with van der Waals surface area (Å²) >= 11 is 3.37. The minimum absolute atomic E-state index is 0.0371. The van der Waals surface area contributed by atoms with Gasteiger partial charge in [-0.1, -0.05) is 15.9 Å². The highest BCUT2D eigenvalue weighted by molar-refractivity contribution is 9.10. The van der Waals surface area contributed by atoms with Crippen molar-refractivity contribution >= 4 is 38.6 Å². The van der Waals surface area contributed by atoms with Crippen LogP contribution in [0.25, 0.3) is 11.0 Å². The molecule has 0 bridgehead atoms. The van der Waals surface area contributed by atoms with Crippen LogP contribution in [-0.4, -0.2) is 22.8 Å². The first-order valence-electron chi connectivity index (χ1n) is 4.83. The average Bonchev–Trinajstić information content (AvgIpc) is 2.65. The summed E-state index contributed by atoms with van der Waals surface area (Å²) in [5, 5.41) is 7.57. The van der Waals surface area contributed by atoms with Crippen molar-refractivity contribution in [3.8, 4) is 0 Å². The predicted molar refractivity (Wildman–Crippen MR) is 63.2 cm³/mol. The summed E-state index contributed by atoms with van der Waals surface area (Å²) in [6.07, 6.45) is 0. The number of benzene rings is 1. The highest BCUT2D eigenvalue weighted by Crippen LogP contribution is 2.28. The lowest BCUT2D eigenvalue weighted by atomic mass is 10.2. The zero-order valence-corrected chi connectivity index (χ0v) is 10.5. The molecule has 1 amide bonds. The van der Waals surface area contributed by atoms with Crippen LogP contribution < -0.4 is 4.90 Å². The van der Waals surface area contributed by atoms with Crippen LogP contribution in [0.1, 0.15) is 13.8 Å². The first kappa shape index (κ1) is 11.1. The number of nitrogens with zero attached hydrogens (tertiary/aromatic N) is 3. The molecule has 0 radical (unpaired) electrons. The van der Waals surface area contributed by atoms with Crippen LogP contribution in [0.3, 0.4) is 0 Å². The van der Waals surface area contributed by atoms with E-state index in [1.807, 2.05) is 13.0 Å². The van der Waals surface area contributed by atoms with Gasteiger partial charge in [0.2, 0.25) is 5.91 Å². The Hall–Kier alpha value is -1.43. The summed E-state index contributed by atoms with van der Waals surface area (Å²) in [5.74, 6) is -0.0371. The monoisotopic (exact) mass is 283 g/mol. The lowest BCUT2D eigenvalue weighted by Gasteiger charge is -2.18. The van der Waals surface area contributed by atoms with Gasteiger partial charge in [0.25, 0.3) is 0 Å². The largest absolute Gasteiger partial charge is 0.311 e. The number of amides is 1. The van der Waals surface area contributed by atoms with Gasteiger partial charge in [0.15, 0.2) is 5.52 Å². The summed E-state index contributed by atoms with van der Waals surface area (Å²) in [4.78, 5) is 13.1. The highest BCUT2D eigenvalue weighted by atomic mass is 79.9. The Bertz CT molecular complexity index is 538. The Morgan fingerprint density at radius 2 is 2.25 bits per heavy atom. The summed E-state index contributed by atoms with van der Waals surface area (Å²) < 4.78 is 5.51. The van der Waals surface area contributed by atoms with Gasteiger partial charge in [-0.3, -0.25) is 4.79 Å². The molecule has 0 aliphatic carbocycles. The molecule has 0 saturated heterocycles. The summed E-state index contributed by atoms with van der Waals surface area (Å²) in [6, 6.07) is 3.63. The fourth-order valence-corrected chi connectivity index (χ4v) is 2.04. The molecule has 1 heterocycles. The second-order valence-electron chi connectivity index (χ2n) is 3.32. The number of carbonyl (C=O) groups is 1. The van der Waals surface area contributed by atoms with E-state index >= 15 is 0 Å². The van der Waals surface area contributed by atoms with E-state index in [4.69, 9.17) is 0 Å². The fraction of sp³-hybridized carbons (Fsp3) is 0.300. The van der Waals surface area contributed by atoms with Crippen molar-refractivity contribution in [1.29, 1.82) is 0 Å². The van der Waals surface area contributed by atoms with E-state index in [1.54, 1.807) is 11.0 Å². The van der Waals surface area contributed by atoms with Crippen LogP contribution in [-0.2, 0) is 4.79 Å². The number of hydrogen-bond acceptors (Lipinski definition) is 4. The molecule has 0 N–H and O–H groups in total. The molecule has 0 aliphatic rings. The molecule has 1 aromatic carbocycles. The normalized spacial score (nSPS) is 10.7. The molecule has 0 fully saturated rings. The molecular weight excluding hydrogens is 274 g/mol. The van der Waals surface area contributed by atoms with Crippen molar-refractivity contribution in [2.75, 3.05) is 11.4 Å². The van der Waals surface area contributed by atoms with Crippen molar-refractivity contribution in [1.82, 2.24) is 10.3 Å². The number of halogens is 1. The molecule has 1 aromatic heterocycles. The van der Waals surface area contributed by atoms with E-state index in [9.17, 15) is 4.79 Å². The molecule has 16 heavy (non-hydrogen) atoms. The SMILES string of the molecule is CCN(C(C)=O)c1cc(Br)cc2nonc12. The summed E-state index contributed by atoms with van der Waals surface area (Å²) in [5.41, 5.74) is 1.94. The molecule has 2 rings (SSSR count). The Labute approximate surface area is 100 Å². The number of fused-ring (bicyclic) bond motifs is 1. The molecule has 6 heteroatoms. The first-order chi connectivity index (χ1) is 7.63. The van der Waals surface area contributed by atoms with Crippen LogP contribution >= 0.6 is 15.9 Å². The minimum Gasteiger partial charge on any atom is -0.311 e. The first-order valence-corrected chi connectivity index (χ1v) is 5.62. The number of hydrogen-bond donors (Lipinski definition) is 0. The van der Waals surface area contributed by atoms with E-state index in [1.165, 1.54) is 6.92 Å². The standard InChI is InChI=1S/C10H10BrN3O2/c1-3-14(6(2)15)9-5-7(11)4-8-10(9)13-16-12-8/h4-5H,3H2,1-2H3. The van der Waals surface area contributed by atoms with Crippen LogP contribution in [0.4, 0.5) is 5.69 Å². The second kappa shape index (κ2) is 4.21.